The molecule has 0 spiro atoms. The van der Waals surface area contributed by atoms with Crippen molar-refractivity contribution in [2.45, 2.75) is 13.0 Å². The van der Waals surface area contributed by atoms with E-state index in [2.05, 4.69) is 20.3 Å². The van der Waals surface area contributed by atoms with E-state index in [1.807, 2.05) is 34.7 Å². The van der Waals surface area contributed by atoms with E-state index in [0.717, 1.165) is 0 Å². The molecule has 0 saturated heterocycles. The van der Waals surface area contributed by atoms with Crippen LogP contribution in [0, 0.1) is 20.7 Å². The molecule has 0 bridgehead atoms. The van der Waals surface area contributed by atoms with Crippen LogP contribution in [0.4, 0.5) is 22.0 Å². The summed E-state index contributed by atoms with van der Waals surface area (Å²) >= 11 is 1.94. The first-order chi connectivity index (χ1) is 15.3. The second-order valence-corrected chi connectivity index (χ2v) is 8.06. The van der Waals surface area contributed by atoms with Crippen LogP contribution in [0.25, 0.3) is 16.6 Å². The van der Waals surface area contributed by atoms with Gasteiger partial charge in [0, 0.05) is 3.57 Å². The average molecular weight is 542 g/mol. The fourth-order valence-electron chi connectivity index (χ4n) is 3.33. The van der Waals surface area contributed by atoms with E-state index in [1.165, 1.54) is 16.7 Å². The Balaban J connectivity index is 1.96. The highest BCUT2D eigenvalue weighted by atomic mass is 127. The smallest absolute Gasteiger partial charge is 0.266 e. The van der Waals surface area contributed by atoms with Gasteiger partial charge in [-0.3, -0.25) is 9.36 Å². The Hall–Kier alpha value is -3.79. The largest absolute Gasteiger partial charge is 0.382 e. The van der Waals surface area contributed by atoms with E-state index in [0.29, 0.717) is 20.6 Å². The molecular weight excluding hydrogens is 526 g/mol. The topological polar surface area (TPSA) is 149 Å². The van der Waals surface area contributed by atoms with Crippen LogP contribution in [0.2, 0.25) is 0 Å². The van der Waals surface area contributed by atoms with Gasteiger partial charge in [0.15, 0.2) is 5.82 Å². The van der Waals surface area contributed by atoms with Crippen molar-refractivity contribution >= 4 is 51.1 Å². The van der Waals surface area contributed by atoms with Crippen LogP contribution in [-0.4, -0.2) is 19.5 Å². The van der Waals surface area contributed by atoms with Crippen molar-refractivity contribution in [2.24, 2.45) is 0 Å². The van der Waals surface area contributed by atoms with Gasteiger partial charge in [-0.05, 0) is 53.8 Å². The van der Waals surface area contributed by atoms with Crippen molar-refractivity contribution in [1.29, 1.82) is 5.26 Å². The summed E-state index contributed by atoms with van der Waals surface area (Å²) in [4.78, 5) is 26.0. The number of nitrogens with two attached hydrogens (primary N) is 2. The predicted octanol–water partition coefficient (Wildman–Crippen LogP) is 3.13. The molecule has 0 aliphatic carbocycles. The second kappa shape index (κ2) is 8.39. The summed E-state index contributed by atoms with van der Waals surface area (Å²) in [6.07, 6.45) is 0. The lowest BCUT2D eigenvalue weighted by molar-refractivity contribution is 0.628. The number of nitrogen functional groups attached to an aromatic ring is 2. The minimum atomic E-state index is -0.617. The average Bonchev–Trinajstić information content (AvgIpc) is 2.74. The van der Waals surface area contributed by atoms with Gasteiger partial charge in [-0.1, -0.05) is 18.2 Å². The van der Waals surface area contributed by atoms with E-state index in [-0.39, 0.29) is 28.5 Å². The number of hydrogen-bond donors (Lipinski definition) is 3. The summed E-state index contributed by atoms with van der Waals surface area (Å²) in [5.41, 5.74) is 12.0. The van der Waals surface area contributed by atoms with Crippen molar-refractivity contribution in [1.82, 2.24) is 19.5 Å². The van der Waals surface area contributed by atoms with Gasteiger partial charge in [0.25, 0.3) is 5.56 Å². The van der Waals surface area contributed by atoms with Gasteiger partial charge in [-0.15, -0.1) is 0 Å². The molecule has 11 heteroatoms. The summed E-state index contributed by atoms with van der Waals surface area (Å²) in [7, 11) is 0. The number of halogens is 2. The highest BCUT2D eigenvalue weighted by Gasteiger charge is 2.22. The van der Waals surface area contributed by atoms with Crippen LogP contribution < -0.4 is 22.3 Å². The maximum Gasteiger partial charge on any atom is 0.266 e. The molecular formula is C21H16FIN8O. The van der Waals surface area contributed by atoms with Crippen LogP contribution in [-0.2, 0) is 0 Å². The number of aromatic nitrogens is 4. The van der Waals surface area contributed by atoms with Crippen LogP contribution in [0.3, 0.4) is 0 Å². The number of fused-ring (bicyclic) bond motifs is 1. The molecule has 0 aliphatic rings. The van der Waals surface area contributed by atoms with Crippen molar-refractivity contribution in [3.63, 3.8) is 0 Å². The molecule has 0 aliphatic heterocycles. The number of para-hydroxylation sites is 1. The zero-order valence-corrected chi connectivity index (χ0v) is 18.8. The van der Waals surface area contributed by atoms with Crippen LogP contribution in [0.5, 0.6) is 0 Å². The normalized spacial score (nSPS) is 11.8. The zero-order valence-electron chi connectivity index (χ0n) is 16.7. The Kier molecular flexibility index (Phi) is 5.62. The molecule has 32 heavy (non-hydrogen) atoms. The lowest BCUT2D eigenvalue weighted by Gasteiger charge is -2.21. The molecule has 9 nitrogen and oxygen atoms in total. The van der Waals surface area contributed by atoms with Gasteiger partial charge in [-0.2, -0.15) is 15.2 Å². The molecule has 160 valence electrons. The fourth-order valence-corrected chi connectivity index (χ4v) is 4.04. The molecule has 0 radical (unpaired) electrons. The van der Waals surface area contributed by atoms with Crippen LogP contribution in [0.15, 0.2) is 47.3 Å². The third-order valence-corrected chi connectivity index (χ3v) is 5.56. The summed E-state index contributed by atoms with van der Waals surface area (Å²) in [6, 6.07) is 12.7. The molecule has 1 unspecified atom stereocenters. The number of benzene rings is 2. The molecule has 2 heterocycles. The lowest BCUT2D eigenvalue weighted by atomic mass is 10.2. The molecule has 0 saturated carbocycles. The van der Waals surface area contributed by atoms with E-state index in [1.54, 1.807) is 31.2 Å². The molecule has 1 atom stereocenters. The summed E-state index contributed by atoms with van der Waals surface area (Å²) in [6.45, 7) is 1.75. The van der Waals surface area contributed by atoms with Gasteiger partial charge >= 0.3 is 0 Å². The Morgan fingerprint density at radius 2 is 1.91 bits per heavy atom. The fraction of sp³-hybridized carbons (Fsp3) is 0.0952. The molecule has 4 aromatic rings. The van der Waals surface area contributed by atoms with Crippen LogP contribution >= 0.6 is 22.6 Å². The van der Waals surface area contributed by atoms with Gasteiger partial charge < -0.3 is 16.8 Å². The standard InChI is InChI=1S/C21H16FIN8O/c1-10(27-18-14(9-24)17(25)29-21(26)30-18)19-28-16-13(7-11(22)8-15(16)23)20(32)31(19)12-5-3-2-4-6-12/h2-8,10H,1H3,(H5,25,26,27,29,30). The quantitative estimate of drug-likeness (QED) is 0.333. The number of nitrogens with zero attached hydrogens (tertiary/aromatic N) is 5. The van der Waals surface area contributed by atoms with Crippen molar-refractivity contribution in [3.8, 4) is 11.8 Å². The Bertz CT molecular complexity index is 1450. The third-order valence-electron chi connectivity index (χ3n) is 4.74. The lowest BCUT2D eigenvalue weighted by Crippen LogP contribution is -2.28. The Labute approximate surface area is 195 Å². The minimum absolute atomic E-state index is 0.0251. The molecule has 0 fully saturated rings. The molecule has 5 N–H and O–H groups in total. The highest BCUT2D eigenvalue weighted by Crippen LogP contribution is 2.26. The van der Waals surface area contributed by atoms with Crippen molar-refractivity contribution in [2.75, 3.05) is 16.8 Å². The Morgan fingerprint density at radius 1 is 1.19 bits per heavy atom. The van der Waals surface area contributed by atoms with Gasteiger partial charge in [0.1, 0.15) is 29.1 Å². The third kappa shape index (κ3) is 3.80. The predicted molar refractivity (Wildman–Crippen MR) is 128 cm³/mol. The van der Waals surface area contributed by atoms with Crippen molar-refractivity contribution < 1.29 is 4.39 Å². The number of nitriles is 1. The SMILES string of the molecule is CC(Nc1nc(N)nc(N)c1C#N)c1nc2c(I)cc(F)cc2c(=O)n1-c1ccccc1. The Morgan fingerprint density at radius 3 is 2.59 bits per heavy atom. The summed E-state index contributed by atoms with van der Waals surface area (Å²) < 4.78 is 16.0. The maximum absolute atomic E-state index is 14.1. The summed E-state index contributed by atoms with van der Waals surface area (Å²) in [5, 5.41) is 12.7. The monoisotopic (exact) mass is 542 g/mol. The first kappa shape index (κ1) is 21.4. The molecule has 2 aromatic heterocycles. The number of nitrogens with one attached hydrogen (secondary N) is 1. The van der Waals surface area contributed by atoms with Crippen LogP contribution in [0.1, 0.15) is 24.4 Å². The van der Waals surface area contributed by atoms with Gasteiger partial charge in [0.2, 0.25) is 5.95 Å². The molecule has 2 aromatic carbocycles. The highest BCUT2D eigenvalue weighted by molar-refractivity contribution is 14.1. The maximum atomic E-state index is 14.1. The number of rotatable bonds is 4. The molecule has 0 amide bonds. The molecule has 4 rings (SSSR count). The van der Waals surface area contributed by atoms with Gasteiger partial charge in [0.05, 0.1) is 22.6 Å². The zero-order chi connectivity index (χ0) is 23.0. The number of anilines is 3. The van der Waals surface area contributed by atoms with Crippen molar-refractivity contribution in [3.05, 3.63) is 73.6 Å². The summed E-state index contributed by atoms with van der Waals surface area (Å²) in [5.74, 6) is -0.240. The minimum Gasteiger partial charge on any atom is -0.382 e. The van der Waals surface area contributed by atoms with E-state index in [4.69, 9.17) is 11.5 Å². The van der Waals surface area contributed by atoms with Gasteiger partial charge in [-0.25, -0.2) is 9.37 Å². The first-order valence-electron chi connectivity index (χ1n) is 9.37. The second-order valence-electron chi connectivity index (χ2n) is 6.90. The van der Waals surface area contributed by atoms with E-state index in [9.17, 15) is 14.4 Å². The van der Waals surface area contributed by atoms with E-state index >= 15 is 0 Å². The van der Waals surface area contributed by atoms with E-state index < -0.39 is 17.4 Å². The first-order valence-corrected chi connectivity index (χ1v) is 10.4. The number of hydrogen-bond acceptors (Lipinski definition) is 8.